The van der Waals surface area contributed by atoms with E-state index in [1.165, 1.54) is 6.33 Å². The van der Waals surface area contributed by atoms with Crippen LogP contribution in [0, 0.1) is 12.8 Å². The lowest BCUT2D eigenvalue weighted by Gasteiger charge is -2.26. The second-order valence-electron chi connectivity index (χ2n) is 6.02. The Labute approximate surface area is 166 Å². The summed E-state index contributed by atoms with van der Waals surface area (Å²) in [4.78, 5) is 34.0. The number of hydrogen-bond acceptors (Lipinski definition) is 7. The van der Waals surface area contributed by atoms with Gasteiger partial charge in [-0.05, 0) is 25.3 Å². The minimum Gasteiger partial charge on any atom is -0.481 e. The van der Waals surface area contributed by atoms with Gasteiger partial charge in [0.2, 0.25) is 0 Å². The Bertz CT molecular complexity index is 816. The number of thiophene rings is 1. The van der Waals surface area contributed by atoms with Crippen molar-refractivity contribution in [1.29, 1.82) is 0 Å². The monoisotopic (exact) mass is 422 g/mol. The fourth-order valence-electron chi connectivity index (χ4n) is 3.09. The normalized spacial score (nSPS) is 20.0. The Hall–Kier alpha value is -1.68. The third kappa shape index (κ3) is 4.17. The predicted octanol–water partition coefficient (Wildman–Crippen LogP) is 2.17. The lowest BCUT2D eigenvalue weighted by Crippen LogP contribution is -2.38. The van der Waals surface area contributed by atoms with Crippen LogP contribution in [0.4, 0.5) is 5.82 Å². The molecule has 0 spiro atoms. The van der Waals surface area contributed by atoms with E-state index < -0.39 is 17.9 Å². The summed E-state index contributed by atoms with van der Waals surface area (Å²) in [5, 5.41) is 19.4. The number of anilines is 1. The number of nitrogens with zero attached hydrogens (tertiary/aromatic N) is 3. The number of nitrogens with two attached hydrogens (primary N) is 1. The molecule has 0 aliphatic carbocycles. The Morgan fingerprint density at radius 1 is 1.23 bits per heavy atom. The number of aromatic nitrogens is 2. The average Bonchev–Trinajstić information content (AvgIpc) is 2.74. The van der Waals surface area contributed by atoms with Gasteiger partial charge in [-0.1, -0.05) is 0 Å². The van der Waals surface area contributed by atoms with Gasteiger partial charge in [0.15, 0.2) is 0 Å². The third-order valence-electron chi connectivity index (χ3n) is 4.33. The molecule has 2 atom stereocenters. The molecule has 4 N–H and O–H groups in total. The van der Waals surface area contributed by atoms with Crippen LogP contribution in [0.3, 0.4) is 0 Å². The van der Waals surface area contributed by atoms with E-state index in [2.05, 4.69) is 9.97 Å². The number of aliphatic carboxylic acids is 1. The molecule has 8 nitrogen and oxygen atoms in total. The number of carboxylic acid groups (broad SMARTS) is 2. The zero-order chi connectivity index (χ0) is 17.4. The fraction of sp³-hybridized carbons (Fsp3) is 0.467. The van der Waals surface area contributed by atoms with E-state index in [0.29, 0.717) is 47.5 Å². The summed E-state index contributed by atoms with van der Waals surface area (Å²) in [6.07, 6.45) is 2.53. The van der Waals surface area contributed by atoms with Crippen LogP contribution in [-0.2, 0) is 4.79 Å². The van der Waals surface area contributed by atoms with Crippen molar-refractivity contribution in [2.45, 2.75) is 25.8 Å². The van der Waals surface area contributed by atoms with Gasteiger partial charge in [-0.3, -0.25) is 4.79 Å². The van der Waals surface area contributed by atoms with Crippen molar-refractivity contribution in [3.63, 3.8) is 0 Å². The zero-order valence-electron chi connectivity index (χ0n) is 13.9. The van der Waals surface area contributed by atoms with E-state index in [9.17, 15) is 19.8 Å². The summed E-state index contributed by atoms with van der Waals surface area (Å²) in [5.74, 6) is -1.82. The van der Waals surface area contributed by atoms with Crippen LogP contribution in [0.25, 0.3) is 10.2 Å². The summed E-state index contributed by atoms with van der Waals surface area (Å²) in [6, 6.07) is -0.155. The summed E-state index contributed by atoms with van der Waals surface area (Å²) in [7, 11) is 0. The summed E-state index contributed by atoms with van der Waals surface area (Å²) in [5.41, 5.74) is 6.69. The molecular formula is C15H20Cl2N4O4S. The molecule has 26 heavy (non-hydrogen) atoms. The number of aryl methyl sites for hydroxylation is 1. The van der Waals surface area contributed by atoms with Gasteiger partial charge in [0.25, 0.3) is 0 Å². The third-order valence-corrected chi connectivity index (χ3v) is 5.52. The van der Waals surface area contributed by atoms with E-state index in [0.717, 1.165) is 11.3 Å². The van der Waals surface area contributed by atoms with Crippen molar-refractivity contribution in [3.05, 3.63) is 16.8 Å². The van der Waals surface area contributed by atoms with E-state index in [1.54, 1.807) is 6.92 Å². The minimum atomic E-state index is -1.00. The van der Waals surface area contributed by atoms with Crippen LogP contribution >= 0.6 is 36.2 Å². The summed E-state index contributed by atoms with van der Waals surface area (Å²) < 4.78 is 0. The molecule has 0 bridgehead atoms. The van der Waals surface area contributed by atoms with Crippen LogP contribution in [-0.4, -0.2) is 51.3 Å². The molecule has 2 aromatic heterocycles. The highest BCUT2D eigenvalue weighted by Gasteiger charge is 2.29. The van der Waals surface area contributed by atoms with Gasteiger partial charge < -0.3 is 20.8 Å². The Kier molecular flexibility index (Phi) is 7.57. The lowest BCUT2D eigenvalue weighted by atomic mass is 10.0. The molecule has 0 saturated carbocycles. The van der Waals surface area contributed by atoms with Crippen LogP contribution in [0.1, 0.15) is 28.1 Å². The van der Waals surface area contributed by atoms with Gasteiger partial charge in [-0.25, -0.2) is 14.8 Å². The van der Waals surface area contributed by atoms with Crippen LogP contribution in [0.15, 0.2) is 6.33 Å². The molecule has 3 rings (SSSR count). The molecule has 1 aliphatic rings. The number of aromatic carboxylic acids is 1. The number of carbonyl (C=O) groups is 2. The van der Waals surface area contributed by atoms with Gasteiger partial charge in [0.1, 0.15) is 21.9 Å². The molecule has 0 aromatic carbocycles. The largest absolute Gasteiger partial charge is 0.481 e. The summed E-state index contributed by atoms with van der Waals surface area (Å²) in [6.45, 7) is 2.50. The van der Waals surface area contributed by atoms with Gasteiger partial charge in [0, 0.05) is 19.1 Å². The zero-order valence-corrected chi connectivity index (χ0v) is 16.4. The maximum atomic E-state index is 11.4. The first-order valence-electron chi connectivity index (χ1n) is 7.59. The number of fused-ring (bicyclic) bond motifs is 1. The van der Waals surface area contributed by atoms with Crippen molar-refractivity contribution in [3.8, 4) is 0 Å². The van der Waals surface area contributed by atoms with Crippen molar-refractivity contribution >= 4 is 64.1 Å². The van der Waals surface area contributed by atoms with E-state index in [4.69, 9.17) is 5.73 Å². The number of rotatable bonds is 3. The topological polar surface area (TPSA) is 130 Å². The van der Waals surface area contributed by atoms with Crippen LogP contribution in [0.5, 0.6) is 0 Å². The highest BCUT2D eigenvalue weighted by atomic mass is 35.5. The van der Waals surface area contributed by atoms with Crippen molar-refractivity contribution in [2.24, 2.45) is 11.7 Å². The van der Waals surface area contributed by atoms with Crippen molar-refractivity contribution in [1.82, 2.24) is 9.97 Å². The Morgan fingerprint density at radius 2 is 1.92 bits per heavy atom. The molecule has 144 valence electrons. The highest BCUT2D eigenvalue weighted by molar-refractivity contribution is 7.20. The average molecular weight is 423 g/mol. The molecule has 0 unspecified atom stereocenters. The molecule has 1 aliphatic heterocycles. The minimum absolute atomic E-state index is 0. The molecule has 1 fully saturated rings. The van der Waals surface area contributed by atoms with E-state index in [1.807, 2.05) is 4.90 Å². The first-order valence-corrected chi connectivity index (χ1v) is 8.40. The quantitative estimate of drug-likeness (QED) is 0.685. The van der Waals surface area contributed by atoms with E-state index >= 15 is 0 Å². The maximum Gasteiger partial charge on any atom is 0.346 e. The molecule has 11 heteroatoms. The standard InChI is InChI=1S/C15H18N4O4S.2ClH/c1-7-10-12(17-6-18-13(10)24-11(7)15(22)23)19-4-8(14(20)21)2-3-9(16)5-19;;/h6,8-9H,2-5,16H2,1H3,(H,20,21)(H,22,23);2*1H/t8-,9+;;/m0../s1. The first kappa shape index (κ1) is 22.4. The molecular weight excluding hydrogens is 403 g/mol. The van der Waals surface area contributed by atoms with Crippen LogP contribution < -0.4 is 10.6 Å². The molecule has 0 amide bonds. The number of hydrogen-bond donors (Lipinski definition) is 3. The molecule has 3 heterocycles. The Balaban J connectivity index is 0.00000169. The smallest absolute Gasteiger partial charge is 0.346 e. The van der Waals surface area contributed by atoms with Crippen molar-refractivity contribution < 1.29 is 19.8 Å². The van der Waals surface area contributed by atoms with Crippen molar-refractivity contribution in [2.75, 3.05) is 18.0 Å². The molecule has 2 aromatic rings. The highest BCUT2D eigenvalue weighted by Crippen LogP contribution is 2.35. The SMILES string of the molecule is Cc1c(C(=O)O)sc2ncnc(N3C[C@H](N)CC[C@H](C(=O)O)C3)c12.Cl.Cl. The van der Waals surface area contributed by atoms with Crippen LogP contribution in [0.2, 0.25) is 0 Å². The lowest BCUT2D eigenvalue weighted by molar-refractivity contribution is -0.141. The van der Waals surface area contributed by atoms with Gasteiger partial charge in [0.05, 0.1) is 11.3 Å². The Morgan fingerprint density at radius 3 is 2.54 bits per heavy atom. The molecule has 0 radical (unpaired) electrons. The predicted molar refractivity (Wildman–Crippen MR) is 104 cm³/mol. The molecule has 1 saturated heterocycles. The summed E-state index contributed by atoms with van der Waals surface area (Å²) >= 11 is 1.10. The van der Waals surface area contributed by atoms with Gasteiger partial charge in [-0.2, -0.15) is 0 Å². The van der Waals surface area contributed by atoms with E-state index in [-0.39, 0.29) is 35.7 Å². The number of carboxylic acids is 2. The maximum absolute atomic E-state index is 11.4. The fourth-order valence-corrected chi connectivity index (χ4v) is 4.07. The first-order chi connectivity index (χ1) is 11.4. The second kappa shape index (κ2) is 8.81. The van der Waals surface area contributed by atoms with Gasteiger partial charge in [-0.15, -0.1) is 36.2 Å². The second-order valence-corrected chi connectivity index (χ2v) is 7.02. The number of halogens is 2. The van der Waals surface area contributed by atoms with Gasteiger partial charge >= 0.3 is 11.9 Å².